The molecule has 1 aliphatic heterocycles. The van der Waals surface area contributed by atoms with Crippen LogP contribution in [0.2, 0.25) is 0 Å². The van der Waals surface area contributed by atoms with E-state index >= 15 is 0 Å². The van der Waals surface area contributed by atoms with Crippen LogP contribution in [0.1, 0.15) is 33.1 Å². The molecule has 0 aromatic heterocycles. The van der Waals surface area contributed by atoms with E-state index in [0.29, 0.717) is 0 Å². The average molecular weight is 154 g/mol. The summed E-state index contributed by atoms with van der Waals surface area (Å²) in [6.45, 7) is 4.03. The number of nitrogens with one attached hydrogen (secondary N) is 1. The first kappa shape index (κ1) is 8.24. The van der Waals surface area contributed by atoms with Crippen molar-refractivity contribution in [1.82, 2.24) is 5.43 Å². The lowest BCUT2D eigenvalue weighted by Gasteiger charge is -2.04. The van der Waals surface area contributed by atoms with Crippen molar-refractivity contribution in [3.8, 4) is 0 Å². The Morgan fingerprint density at radius 2 is 2.36 bits per heavy atom. The van der Waals surface area contributed by atoms with Crippen molar-refractivity contribution in [2.45, 2.75) is 33.1 Å². The average Bonchev–Trinajstić information content (AvgIpc) is 2.29. The predicted octanol–water partition coefficient (Wildman–Crippen LogP) is 1.30. The molecule has 0 saturated carbocycles. The maximum absolute atomic E-state index is 11.1. The molecular formula is C8H14N2O. The van der Waals surface area contributed by atoms with Gasteiger partial charge in [-0.2, -0.15) is 5.10 Å². The fourth-order valence-electron chi connectivity index (χ4n) is 1.24. The van der Waals surface area contributed by atoms with Gasteiger partial charge in [-0.1, -0.05) is 19.8 Å². The highest BCUT2D eigenvalue weighted by molar-refractivity contribution is 6.06. The number of carbonyl (C=O) groups is 1. The van der Waals surface area contributed by atoms with Crippen LogP contribution >= 0.6 is 0 Å². The molecule has 0 unspecified atom stereocenters. The molecule has 1 amide bonds. The van der Waals surface area contributed by atoms with Crippen LogP contribution in [0.3, 0.4) is 0 Å². The molecule has 0 aliphatic carbocycles. The minimum Gasteiger partial charge on any atom is -0.272 e. The van der Waals surface area contributed by atoms with Crippen molar-refractivity contribution in [3.63, 3.8) is 0 Å². The molecular weight excluding hydrogens is 140 g/mol. The summed E-state index contributed by atoms with van der Waals surface area (Å²) in [6, 6.07) is 0. The van der Waals surface area contributed by atoms with Crippen molar-refractivity contribution in [3.05, 3.63) is 0 Å². The van der Waals surface area contributed by atoms with E-state index in [4.69, 9.17) is 0 Å². The number of hydrazone groups is 1. The molecule has 0 bridgehead atoms. The molecule has 3 nitrogen and oxygen atoms in total. The first-order valence-electron chi connectivity index (χ1n) is 4.09. The molecule has 1 rings (SSSR count). The van der Waals surface area contributed by atoms with Crippen molar-refractivity contribution < 1.29 is 4.79 Å². The SMILES string of the molecule is CCCC[C@H]1C(=O)NN=C1C. The summed E-state index contributed by atoms with van der Waals surface area (Å²) in [7, 11) is 0. The number of hydrogen-bond donors (Lipinski definition) is 1. The number of hydrogen-bond acceptors (Lipinski definition) is 2. The third kappa shape index (κ3) is 1.79. The van der Waals surface area contributed by atoms with Gasteiger partial charge in [0, 0.05) is 5.71 Å². The summed E-state index contributed by atoms with van der Waals surface area (Å²) in [4.78, 5) is 11.1. The molecule has 1 aliphatic rings. The van der Waals surface area contributed by atoms with Crippen molar-refractivity contribution >= 4 is 11.6 Å². The van der Waals surface area contributed by atoms with Crippen LogP contribution < -0.4 is 5.43 Å². The van der Waals surface area contributed by atoms with Crippen LogP contribution in [0.4, 0.5) is 0 Å². The summed E-state index contributed by atoms with van der Waals surface area (Å²) < 4.78 is 0. The number of carbonyl (C=O) groups excluding carboxylic acids is 1. The minimum atomic E-state index is 0.0509. The van der Waals surface area contributed by atoms with Gasteiger partial charge in [-0.15, -0.1) is 0 Å². The van der Waals surface area contributed by atoms with Crippen LogP contribution in [-0.2, 0) is 4.79 Å². The van der Waals surface area contributed by atoms with Gasteiger partial charge in [0.05, 0.1) is 5.92 Å². The van der Waals surface area contributed by atoms with E-state index in [9.17, 15) is 4.79 Å². The predicted molar refractivity (Wildman–Crippen MR) is 44.3 cm³/mol. The normalized spacial score (nSPS) is 23.3. The van der Waals surface area contributed by atoms with Crippen LogP contribution in [0, 0.1) is 5.92 Å². The molecule has 0 aromatic carbocycles. The number of rotatable bonds is 3. The van der Waals surface area contributed by atoms with Crippen LogP contribution in [0.15, 0.2) is 5.10 Å². The van der Waals surface area contributed by atoms with E-state index < -0.39 is 0 Å². The van der Waals surface area contributed by atoms with Crippen molar-refractivity contribution in [1.29, 1.82) is 0 Å². The Morgan fingerprint density at radius 1 is 1.64 bits per heavy atom. The number of unbranched alkanes of at least 4 members (excludes halogenated alkanes) is 1. The monoisotopic (exact) mass is 154 g/mol. The van der Waals surface area contributed by atoms with Gasteiger partial charge in [0.15, 0.2) is 0 Å². The standard InChI is InChI=1S/C8H14N2O/c1-3-4-5-7-6(2)9-10-8(7)11/h7H,3-5H2,1-2H3,(H,10,11)/t7-/m1/s1. The second-order valence-corrected chi connectivity index (χ2v) is 2.92. The molecule has 62 valence electrons. The van der Waals surface area contributed by atoms with Crippen LogP contribution in [-0.4, -0.2) is 11.6 Å². The topological polar surface area (TPSA) is 41.5 Å². The largest absolute Gasteiger partial charge is 0.272 e. The Kier molecular flexibility index (Phi) is 2.63. The van der Waals surface area contributed by atoms with Gasteiger partial charge in [-0.05, 0) is 13.3 Å². The first-order valence-corrected chi connectivity index (χ1v) is 4.09. The fourth-order valence-corrected chi connectivity index (χ4v) is 1.24. The maximum atomic E-state index is 11.1. The third-order valence-electron chi connectivity index (χ3n) is 2.01. The van der Waals surface area contributed by atoms with Gasteiger partial charge < -0.3 is 0 Å². The summed E-state index contributed by atoms with van der Waals surface area (Å²) in [5, 5.41) is 3.87. The van der Waals surface area contributed by atoms with Crippen LogP contribution in [0.25, 0.3) is 0 Å². The van der Waals surface area contributed by atoms with Gasteiger partial charge in [0.25, 0.3) is 0 Å². The Morgan fingerprint density at radius 3 is 2.82 bits per heavy atom. The number of nitrogens with zero attached hydrogens (tertiary/aromatic N) is 1. The zero-order valence-corrected chi connectivity index (χ0v) is 7.05. The first-order chi connectivity index (χ1) is 5.25. The molecule has 0 aromatic rings. The van der Waals surface area contributed by atoms with E-state index in [0.717, 1.165) is 25.0 Å². The highest BCUT2D eigenvalue weighted by atomic mass is 16.2. The van der Waals surface area contributed by atoms with E-state index in [1.165, 1.54) is 0 Å². The zero-order valence-electron chi connectivity index (χ0n) is 7.05. The maximum Gasteiger partial charge on any atom is 0.248 e. The quantitative estimate of drug-likeness (QED) is 0.654. The summed E-state index contributed by atoms with van der Waals surface area (Å²) >= 11 is 0. The molecule has 1 N–H and O–H groups in total. The Bertz CT molecular complexity index is 187. The van der Waals surface area contributed by atoms with Gasteiger partial charge in [-0.3, -0.25) is 4.79 Å². The molecule has 11 heavy (non-hydrogen) atoms. The van der Waals surface area contributed by atoms with Crippen LogP contribution in [0.5, 0.6) is 0 Å². The summed E-state index contributed by atoms with van der Waals surface area (Å²) in [6.07, 6.45) is 3.18. The Hall–Kier alpha value is -0.860. The second kappa shape index (κ2) is 3.51. The second-order valence-electron chi connectivity index (χ2n) is 2.92. The summed E-state index contributed by atoms with van der Waals surface area (Å²) in [5.74, 6) is 0.117. The fraction of sp³-hybridized carbons (Fsp3) is 0.750. The van der Waals surface area contributed by atoms with Gasteiger partial charge >= 0.3 is 0 Å². The van der Waals surface area contributed by atoms with Gasteiger partial charge in [0.2, 0.25) is 5.91 Å². The Labute approximate surface area is 66.9 Å². The van der Waals surface area contributed by atoms with E-state index in [-0.39, 0.29) is 11.8 Å². The Balaban J connectivity index is 2.43. The smallest absolute Gasteiger partial charge is 0.248 e. The zero-order chi connectivity index (χ0) is 8.27. The third-order valence-corrected chi connectivity index (χ3v) is 2.01. The molecule has 3 heteroatoms. The lowest BCUT2D eigenvalue weighted by molar-refractivity contribution is -0.122. The van der Waals surface area contributed by atoms with Crippen molar-refractivity contribution in [2.75, 3.05) is 0 Å². The van der Waals surface area contributed by atoms with E-state index in [1.54, 1.807) is 0 Å². The van der Waals surface area contributed by atoms with Crippen molar-refractivity contribution in [2.24, 2.45) is 11.0 Å². The summed E-state index contributed by atoms with van der Waals surface area (Å²) in [5.41, 5.74) is 3.41. The molecule has 0 saturated heterocycles. The molecule has 1 atom stereocenters. The number of amides is 1. The highest BCUT2D eigenvalue weighted by Gasteiger charge is 2.25. The molecule has 0 radical (unpaired) electrons. The minimum absolute atomic E-state index is 0.0509. The van der Waals surface area contributed by atoms with E-state index in [1.807, 2.05) is 6.92 Å². The molecule has 0 fully saturated rings. The van der Waals surface area contributed by atoms with Gasteiger partial charge in [0.1, 0.15) is 0 Å². The lowest BCUT2D eigenvalue weighted by atomic mass is 9.98. The molecule has 0 spiro atoms. The van der Waals surface area contributed by atoms with E-state index in [2.05, 4.69) is 17.5 Å². The lowest BCUT2D eigenvalue weighted by Crippen LogP contribution is -2.21. The van der Waals surface area contributed by atoms with Gasteiger partial charge in [-0.25, -0.2) is 5.43 Å². The molecule has 1 heterocycles. The highest BCUT2D eigenvalue weighted by Crippen LogP contribution is 2.14.